The first-order chi connectivity index (χ1) is 11.3. The van der Waals surface area contributed by atoms with E-state index in [0.717, 1.165) is 5.57 Å². The molecule has 2 rings (SSSR count). The largest absolute Gasteiger partial charge is 0.0990 e. The number of rotatable bonds is 3. The van der Waals surface area contributed by atoms with E-state index in [9.17, 15) is 0 Å². The summed E-state index contributed by atoms with van der Waals surface area (Å²) in [5.74, 6) is 0. The highest BCUT2D eigenvalue weighted by Crippen LogP contribution is 2.14. The zero-order valence-corrected chi connectivity index (χ0v) is 15.4. The Labute approximate surface area is 143 Å². The van der Waals surface area contributed by atoms with Gasteiger partial charge in [0.1, 0.15) is 0 Å². The van der Waals surface area contributed by atoms with Gasteiger partial charge in [-0.05, 0) is 18.1 Å². The normalized spacial score (nSPS) is 8.83. The molecular weight excluding hydrogens is 276 g/mol. The highest BCUT2D eigenvalue weighted by atomic mass is 14.0. The zero-order valence-electron chi connectivity index (χ0n) is 15.4. The molecule has 0 atom stereocenters. The minimum Gasteiger partial charge on any atom is -0.0990 e. The van der Waals surface area contributed by atoms with Crippen molar-refractivity contribution >= 4 is 5.57 Å². The van der Waals surface area contributed by atoms with Gasteiger partial charge in [-0.3, -0.25) is 0 Å². The van der Waals surface area contributed by atoms with Crippen LogP contribution in [-0.2, 0) is 0 Å². The fourth-order valence-corrected chi connectivity index (χ4v) is 1.57. The van der Waals surface area contributed by atoms with Gasteiger partial charge in [-0.1, -0.05) is 125 Å². The van der Waals surface area contributed by atoms with E-state index in [-0.39, 0.29) is 0 Å². The molecule has 23 heavy (non-hydrogen) atoms. The molecule has 124 valence electrons. The van der Waals surface area contributed by atoms with Crippen molar-refractivity contribution in [1.82, 2.24) is 0 Å². The van der Waals surface area contributed by atoms with Gasteiger partial charge < -0.3 is 0 Å². The quantitative estimate of drug-likeness (QED) is 0.515. The molecule has 2 aromatic rings. The molecule has 0 bridgehead atoms. The first-order valence-electron chi connectivity index (χ1n) is 8.30. The Morgan fingerprint density at radius 3 is 1.48 bits per heavy atom. The van der Waals surface area contributed by atoms with Crippen LogP contribution in [0, 0.1) is 6.92 Å². The summed E-state index contributed by atoms with van der Waals surface area (Å²) < 4.78 is 0. The Kier molecular flexibility index (Phi) is 17.7. The highest BCUT2D eigenvalue weighted by Gasteiger charge is 1.92. The lowest BCUT2D eigenvalue weighted by atomic mass is 10.1. The van der Waals surface area contributed by atoms with Crippen LogP contribution in [0.3, 0.4) is 0 Å². The van der Waals surface area contributed by atoms with E-state index >= 15 is 0 Å². The Hall–Kier alpha value is -2.34. The molecule has 0 N–H and O–H groups in total. The summed E-state index contributed by atoms with van der Waals surface area (Å²) in [5.41, 5.74) is 3.60. The molecule has 0 aromatic heterocycles. The molecular formula is C23H32. The maximum absolute atomic E-state index is 3.74. The Morgan fingerprint density at radius 1 is 0.739 bits per heavy atom. The smallest absolute Gasteiger partial charge is 0.0184 e. The van der Waals surface area contributed by atoms with E-state index in [2.05, 4.69) is 44.3 Å². The molecule has 0 unspecified atom stereocenters. The molecule has 0 saturated heterocycles. The molecule has 0 nitrogen and oxygen atoms in total. The third-order valence-electron chi connectivity index (χ3n) is 2.56. The van der Waals surface area contributed by atoms with E-state index in [1.165, 1.54) is 11.1 Å². The second kappa shape index (κ2) is 17.7. The second-order valence-corrected chi connectivity index (χ2v) is 4.08. The lowest BCUT2D eigenvalue weighted by Gasteiger charge is -1.99. The second-order valence-electron chi connectivity index (χ2n) is 4.08. The molecule has 0 amide bonds. The zero-order chi connectivity index (χ0) is 17.9. The van der Waals surface area contributed by atoms with Gasteiger partial charge in [0.05, 0.1) is 0 Å². The summed E-state index contributed by atoms with van der Waals surface area (Å²) in [5, 5.41) is 0. The summed E-state index contributed by atoms with van der Waals surface area (Å²) in [6, 6.07) is 20.4. The van der Waals surface area contributed by atoms with Crippen LogP contribution in [0.1, 0.15) is 38.8 Å². The average Bonchev–Trinajstić information content (AvgIpc) is 2.65. The van der Waals surface area contributed by atoms with Crippen molar-refractivity contribution in [3.63, 3.8) is 0 Å². The van der Waals surface area contributed by atoms with Crippen LogP contribution < -0.4 is 0 Å². The van der Waals surface area contributed by atoms with Crippen molar-refractivity contribution in [2.75, 3.05) is 0 Å². The van der Waals surface area contributed by atoms with E-state index in [1.54, 1.807) is 6.08 Å². The van der Waals surface area contributed by atoms with Crippen molar-refractivity contribution in [3.05, 3.63) is 103 Å². The Morgan fingerprint density at radius 2 is 1.17 bits per heavy atom. The van der Waals surface area contributed by atoms with E-state index in [4.69, 9.17) is 0 Å². The maximum Gasteiger partial charge on any atom is -0.0184 e. The molecule has 0 heteroatoms. The van der Waals surface area contributed by atoms with Gasteiger partial charge in [-0.2, -0.15) is 0 Å². The highest BCUT2D eigenvalue weighted by molar-refractivity contribution is 5.74. The summed E-state index contributed by atoms with van der Waals surface area (Å²) >= 11 is 0. The maximum atomic E-state index is 3.74. The molecule has 0 aliphatic heterocycles. The van der Waals surface area contributed by atoms with Crippen LogP contribution in [0.4, 0.5) is 0 Å². The number of hydrogen-bond acceptors (Lipinski definition) is 0. The van der Waals surface area contributed by atoms with Gasteiger partial charge in [0.2, 0.25) is 0 Å². The van der Waals surface area contributed by atoms with Crippen LogP contribution in [0.5, 0.6) is 0 Å². The fraction of sp³-hybridized carbons (Fsp3) is 0.217. The predicted octanol–water partition coefficient (Wildman–Crippen LogP) is 7.49. The molecule has 0 fully saturated rings. The molecule has 0 aliphatic rings. The van der Waals surface area contributed by atoms with Crippen LogP contribution in [0.25, 0.3) is 5.57 Å². The lowest BCUT2D eigenvalue weighted by Crippen LogP contribution is -1.77. The number of hydrogen-bond donors (Lipinski definition) is 0. The molecule has 0 heterocycles. The molecule has 2 aromatic carbocycles. The van der Waals surface area contributed by atoms with Crippen LogP contribution >= 0.6 is 0 Å². The minimum absolute atomic E-state index is 1.10. The molecule has 0 saturated carbocycles. The molecule has 0 aliphatic carbocycles. The SMILES string of the molecule is C=C/C=C(\C=C)c1ccccc1.CC.CC.Cc1ccccc1. The molecule has 0 radical (unpaired) electrons. The first kappa shape index (κ1) is 22.9. The Balaban J connectivity index is 0. The van der Waals surface area contributed by atoms with E-state index < -0.39 is 0 Å². The van der Waals surface area contributed by atoms with Gasteiger partial charge in [0.15, 0.2) is 0 Å². The molecule has 0 spiro atoms. The first-order valence-corrected chi connectivity index (χ1v) is 8.30. The van der Waals surface area contributed by atoms with Gasteiger partial charge in [-0.25, -0.2) is 0 Å². The summed E-state index contributed by atoms with van der Waals surface area (Å²) in [4.78, 5) is 0. The third kappa shape index (κ3) is 11.9. The van der Waals surface area contributed by atoms with Gasteiger partial charge >= 0.3 is 0 Å². The minimum atomic E-state index is 1.10. The van der Waals surface area contributed by atoms with Crippen LogP contribution in [-0.4, -0.2) is 0 Å². The number of allylic oxidation sites excluding steroid dienone is 4. The van der Waals surface area contributed by atoms with Gasteiger partial charge in [-0.15, -0.1) is 0 Å². The summed E-state index contributed by atoms with van der Waals surface area (Å²) in [6.07, 6.45) is 5.54. The number of aryl methyl sites for hydroxylation is 1. The lowest BCUT2D eigenvalue weighted by molar-refractivity contribution is 1.48. The van der Waals surface area contributed by atoms with E-state index in [1.807, 2.05) is 76.2 Å². The van der Waals surface area contributed by atoms with E-state index in [0.29, 0.717) is 0 Å². The monoisotopic (exact) mass is 308 g/mol. The topological polar surface area (TPSA) is 0 Å². The van der Waals surface area contributed by atoms with Gasteiger partial charge in [0.25, 0.3) is 0 Å². The van der Waals surface area contributed by atoms with Crippen molar-refractivity contribution in [1.29, 1.82) is 0 Å². The summed E-state index contributed by atoms with van der Waals surface area (Å²) in [7, 11) is 0. The van der Waals surface area contributed by atoms with Crippen molar-refractivity contribution in [2.45, 2.75) is 34.6 Å². The number of benzene rings is 2. The van der Waals surface area contributed by atoms with Crippen LogP contribution in [0.2, 0.25) is 0 Å². The summed E-state index contributed by atoms with van der Waals surface area (Å²) in [6.45, 7) is 17.5. The fourth-order valence-electron chi connectivity index (χ4n) is 1.57. The standard InChI is InChI=1S/C12H12.C7H8.2C2H6/c1-3-8-11(4-2)12-9-6-5-7-10-12;1-7-5-3-2-4-6-7;2*1-2/h3-10H,1-2H2;2-6H,1H3;2*1-2H3/b11-8+;;;. The van der Waals surface area contributed by atoms with Crippen molar-refractivity contribution in [3.8, 4) is 0 Å². The van der Waals surface area contributed by atoms with Crippen molar-refractivity contribution < 1.29 is 0 Å². The van der Waals surface area contributed by atoms with Crippen molar-refractivity contribution in [2.24, 2.45) is 0 Å². The van der Waals surface area contributed by atoms with Gasteiger partial charge in [0, 0.05) is 0 Å². The average molecular weight is 309 g/mol. The third-order valence-corrected chi connectivity index (χ3v) is 2.56. The Bertz CT molecular complexity index is 518. The predicted molar refractivity (Wildman–Crippen MR) is 109 cm³/mol. The van der Waals surface area contributed by atoms with Crippen LogP contribution in [0.15, 0.2) is 92.0 Å².